The average molecular weight is 340 g/mol. The van der Waals surface area contributed by atoms with Crippen molar-refractivity contribution in [3.8, 4) is 11.1 Å². The zero-order valence-electron chi connectivity index (χ0n) is 10.2. The molecule has 0 bridgehead atoms. The van der Waals surface area contributed by atoms with E-state index >= 15 is 0 Å². The Bertz CT molecular complexity index is 488. The maximum absolute atomic E-state index is 4.42. The first-order valence-corrected chi connectivity index (χ1v) is 7.02. The Morgan fingerprint density at radius 2 is 2.06 bits per heavy atom. The van der Waals surface area contributed by atoms with Crippen LogP contribution in [0.4, 0.5) is 0 Å². The standard InChI is InChI=1S/C14H17IN2/c1-11(2)7-8-17-10-12(9-16-17)13-5-3-4-6-14(13)15/h3-6,9-11H,7-8H2,1-2H3. The predicted octanol–water partition coefficient (Wildman–Crippen LogP) is 4.20. The Morgan fingerprint density at radius 3 is 2.76 bits per heavy atom. The second-order valence-corrected chi connectivity index (χ2v) is 5.82. The maximum atomic E-state index is 4.42. The fourth-order valence-corrected chi connectivity index (χ4v) is 2.41. The molecule has 0 N–H and O–H groups in total. The number of hydrogen-bond donors (Lipinski definition) is 0. The molecule has 1 aromatic heterocycles. The third kappa shape index (κ3) is 3.31. The molecule has 2 rings (SSSR count). The summed E-state index contributed by atoms with van der Waals surface area (Å²) in [4.78, 5) is 0. The van der Waals surface area contributed by atoms with Crippen LogP contribution >= 0.6 is 22.6 Å². The van der Waals surface area contributed by atoms with Crippen molar-refractivity contribution in [3.05, 3.63) is 40.2 Å². The lowest BCUT2D eigenvalue weighted by Crippen LogP contribution is -2.01. The monoisotopic (exact) mass is 340 g/mol. The van der Waals surface area contributed by atoms with Crippen LogP contribution in [0.1, 0.15) is 20.3 Å². The van der Waals surface area contributed by atoms with E-state index in [1.165, 1.54) is 21.1 Å². The summed E-state index contributed by atoms with van der Waals surface area (Å²) in [6, 6.07) is 8.41. The zero-order chi connectivity index (χ0) is 12.3. The van der Waals surface area contributed by atoms with Crippen LogP contribution in [-0.2, 0) is 6.54 Å². The van der Waals surface area contributed by atoms with Crippen molar-refractivity contribution in [1.29, 1.82) is 0 Å². The van der Waals surface area contributed by atoms with Crippen molar-refractivity contribution in [3.63, 3.8) is 0 Å². The maximum Gasteiger partial charge on any atom is 0.0568 e. The molecular formula is C14H17IN2. The number of nitrogens with zero attached hydrogens (tertiary/aromatic N) is 2. The van der Waals surface area contributed by atoms with Crippen LogP contribution in [0.5, 0.6) is 0 Å². The Morgan fingerprint density at radius 1 is 1.29 bits per heavy atom. The summed E-state index contributed by atoms with van der Waals surface area (Å²) in [6.45, 7) is 5.48. The molecule has 17 heavy (non-hydrogen) atoms. The largest absolute Gasteiger partial charge is 0.272 e. The smallest absolute Gasteiger partial charge is 0.0568 e. The highest BCUT2D eigenvalue weighted by Crippen LogP contribution is 2.24. The minimum atomic E-state index is 0.722. The van der Waals surface area contributed by atoms with Crippen molar-refractivity contribution < 1.29 is 0 Å². The van der Waals surface area contributed by atoms with Crippen molar-refractivity contribution in [2.75, 3.05) is 0 Å². The molecule has 0 aliphatic carbocycles. The molecule has 2 aromatic rings. The van der Waals surface area contributed by atoms with Gasteiger partial charge < -0.3 is 0 Å². The molecule has 0 unspecified atom stereocenters. The molecule has 1 heterocycles. The molecule has 0 amide bonds. The highest BCUT2D eigenvalue weighted by atomic mass is 127. The highest BCUT2D eigenvalue weighted by Gasteiger charge is 2.05. The van der Waals surface area contributed by atoms with Gasteiger partial charge in [-0.25, -0.2) is 0 Å². The molecule has 0 aliphatic rings. The summed E-state index contributed by atoms with van der Waals surface area (Å²) in [6.07, 6.45) is 5.27. The summed E-state index contributed by atoms with van der Waals surface area (Å²) < 4.78 is 3.31. The quantitative estimate of drug-likeness (QED) is 0.763. The second-order valence-electron chi connectivity index (χ2n) is 4.65. The van der Waals surface area contributed by atoms with Crippen molar-refractivity contribution >= 4 is 22.6 Å². The first kappa shape index (κ1) is 12.6. The van der Waals surface area contributed by atoms with Crippen molar-refractivity contribution in [2.45, 2.75) is 26.8 Å². The van der Waals surface area contributed by atoms with Gasteiger partial charge in [0.2, 0.25) is 0 Å². The Hall–Kier alpha value is -0.840. The van der Waals surface area contributed by atoms with Gasteiger partial charge >= 0.3 is 0 Å². The summed E-state index contributed by atoms with van der Waals surface area (Å²) in [5.74, 6) is 0.722. The number of halogens is 1. The first-order chi connectivity index (χ1) is 8.16. The van der Waals surface area contributed by atoms with Crippen LogP contribution in [0.15, 0.2) is 36.7 Å². The average Bonchev–Trinajstić information content (AvgIpc) is 2.75. The Balaban J connectivity index is 2.16. The van der Waals surface area contributed by atoms with E-state index in [4.69, 9.17) is 0 Å². The van der Waals surface area contributed by atoms with E-state index in [0.29, 0.717) is 0 Å². The number of rotatable bonds is 4. The van der Waals surface area contributed by atoms with Crippen LogP contribution in [0, 0.1) is 9.49 Å². The number of benzene rings is 1. The zero-order valence-corrected chi connectivity index (χ0v) is 12.4. The van der Waals surface area contributed by atoms with Crippen molar-refractivity contribution in [1.82, 2.24) is 9.78 Å². The normalized spacial score (nSPS) is 11.1. The number of aromatic nitrogens is 2. The summed E-state index contributed by atoms with van der Waals surface area (Å²) in [7, 11) is 0. The molecule has 0 saturated carbocycles. The van der Waals surface area contributed by atoms with Gasteiger partial charge in [-0.3, -0.25) is 4.68 Å². The lowest BCUT2D eigenvalue weighted by atomic mass is 10.1. The molecular weight excluding hydrogens is 323 g/mol. The van der Waals surface area contributed by atoms with Crippen LogP contribution in [0.2, 0.25) is 0 Å². The van der Waals surface area contributed by atoms with Gasteiger partial charge in [0.15, 0.2) is 0 Å². The van der Waals surface area contributed by atoms with Gasteiger partial charge in [-0.2, -0.15) is 5.10 Å². The molecule has 0 fully saturated rings. The van der Waals surface area contributed by atoms with Crippen LogP contribution < -0.4 is 0 Å². The predicted molar refractivity (Wildman–Crippen MR) is 79.8 cm³/mol. The van der Waals surface area contributed by atoms with Gasteiger partial charge in [-0.15, -0.1) is 0 Å². The lowest BCUT2D eigenvalue weighted by Gasteiger charge is -2.04. The van der Waals surface area contributed by atoms with Crippen LogP contribution in [-0.4, -0.2) is 9.78 Å². The fourth-order valence-electron chi connectivity index (χ4n) is 1.71. The third-order valence-corrected chi connectivity index (χ3v) is 3.69. The minimum Gasteiger partial charge on any atom is -0.272 e. The van der Waals surface area contributed by atoms with Gasteiger partial charge in [-0.05, 0) is 46.6 Å². The number of aryl methyl sites for hydroxylation is 1. The molecule has 0 saturated heterocycles. The van der Waals surface area contributed by atoms with Gasteiger partial charge in [-0.1, -0.05) is 32.0 Å². The molecule has 3 heteroatoms. The molecule has 90 valence electrons. The molecule has 0 aliphatic heterocycles. The van der Waals surface area contributed by atoms with E-state index in [9.17, 15) is 0 Å². The summed E-state index contributed by atoms with van der Waals surface area (Å²) in [5, 5.41) is 4.42. The lowest BCUT2D eigenvalue weighted by molar-refractivity contribution is 0.487. The topological polar surface area (TPSA) is 17.8 Å². The molecule has 0 radical (unpaired) electrons. The Labute approximate surface area is 116 Å². The fraction of sp³-hybridized carbons (Fsp3) is 0.357. The molecule has 0 spiro atoms. The minimum absolute atomic E-state index is 0.722. The van der Waals surface area contributed by atoms with E-state index < -0.39 is 0 Å². The van der Waals surface area contributed by atoms with E-state index in [0.717, 1.165) is 12.5 Å². The molecule has 0 atom stereocenters. The van der Waals surface area contributed by atoms with Gasteiger partial charge in [0.1, 0.15) is 0 Å². The highest BCUT2D eigenvalue weighted by molar-refractivity contribution is 14.1. The van der Waals surface area contributed by atoms with Crippen LogP contribution in [0.25, 0.3) is 11.1 Å². The van der Waals surface area contributed by atoms with E-state index in [-0.39, 0.29) is 0 Å². The van der Waals surface area contributed by atoms with E-state index in [2.05, 4.69) is 72.0 Å². The van der Waals surface area contributed by atoms with E-state index in [1.807, 2.05) is 10.9 Å². The summed E-state index contributed by atoms with van der Waals surface area (Å²) in [5.41, 5.74) is 2.47. The van der Waals surface area contributed by atoms with E-state index in [1.54, 1.807) is 0 Å². The second kappa shape index (κ2) is 5.67. The molecule has 1 aromatic carbocycles. The van der Waals surface area contributed by atoms with Crippen molar-refractivity contribution in [2.24, 2.45) is 5.92 Å². The van der Waals surface area contributed by atoms with Crippen LogP contribution in [0.3, 0.4) is 0 Å². The Kier molecular flexibility index (Phi) is 4.20. The molecule has 2 nitrogen and oxygen atoms in total. The van der Waals surface area contributed by atoms with Gasteiger partial charge in [0, 0.05) is 21.9 Å². The third-order valence-electron chi connectivity index (χ3n) is 2.75. The first-order valence-electron chi connectivity index (χ1n) is 5.94. The summed E-state index contributed by atoms with van der Waals surface area (Å²) >= 11 is 2.37. The van der Waals surface area contributed by atoms with Gasteiger partial charge in [0.05, 0.1) is 6.20 Å². The van der Waals surface area contributed by atoms with Gasteiger partial charge in [0.25, 0.3) is 0 Å². The SMILES string of the molecule is CC(C)CCn1cc(-c2ccccc2I)cn1. The number of hydrogen-bond acceptors (Lipinski definition) is 1.